The molecule has 0 bridgehead atoms. The smallest absolute Gasteiger partial charge is 0.119 e. The lowest BCUT2D eigenvalue weighted by molar-refractivity contribution is 0.174. The third-order valence-electron chi connectivity index (χ3n) is 3.07. The second kappa shape index (κ2) is 7.02. The maximum atomic E-state index is 9.39. The topological polar surface area (TPSA) is 41.5 Å². The number of ether oxygens (including phenoxy) is 1. The molecule has 4 heteroatoms. The molecule has 102 valence electrons. The summed E-state index contributed by atoms with van der Waals surface area (Å²) < 4.78 is 5.21. The van der Waals surface area contributed by atoms with Crippen LogP contribution in [-0.2, 0) is 0 Å². The molecule has 2 unspecified atom stereocenters. The van der Waals surface area contributed by atoms with Crippen LogP contribution >= 0.6 is 11.8 Å². The van der Waals surface area contributed by atoms with Crippen molar-refractivity contribution in [2.45, 2.75) is 36.0 Å². The minimum Gasteiger partial charge on any atom is -0.497 e. The van der Waals surface area contributed by atoms with Crippen LogP contribution in [0.25, 0.3) is 0 Å². The molecule has 0 saturated heterocycles. The van der Waals surface area contributed by atoms with Crippen LogP contribution in [0.2, 0.25) is 0 Å². The van der Waals surface area contributed by atoms with Crippen molar-refractivity contribution in [1.82, 2.24) is 5.32 Å². The van der Waals surface area contributed by atoms with Gasteiger partial charge in [0.2, 0.25) is 0 Å². The van der Waals surface area contributed by atoms with Crippen LogP contribution in [0.4, 0.5) is 0 Å². The molecule has 0 aliphatic carbocycles. The number of methoxy groups -OCH3 is 1. The number of thioether (sulfide) groups is 1. The predicted octanol–water partition coefficient (Wildman–Crippen LogP) is 2.54. The Morgan fingerprint density at radius 3 is 2.78 bits per heavy atom. The van der Waals surface area contributed by atoms with Crippen molar-refractivity contribution in [3.05, 3.63) is 24.3 Å². The predicted molar refractivity (Wildman–Crippen MR) is 77.5 cm³/mol. The second-order valence-corrected chi connectivity index (χ2v) is 6.29. The summed E-state index contributed by atoms with van der Waals surface area (Å²) in [4.78, 5) is 1.19. The van der Waals surface area contributed by atoms with Gasteiger partial charge in [0.05, 0.1) is 13.7 Å². The quantitative estimate of drug-likeness (QED) is 0.746. The standard InChI is InChI=1S/C14H23NO2S/c1-11(9-14(2,10-16)15-3)18-13-7-5-6-12(8-13)17-4/h5-8,11,15-16H,9-10H2,1-4H3. The average molecular weight is 269 g/mol. The maximum Gasteiger partial charge on any atom is 0.119 e. The highest BCUT2D eigenvalue weighted by Gasteiger charge is 2.24. The Labute approximate surface area is 114 Å². The Morgan fingerprint density at radius 1 is 1.50 bits per heavy atom. The van der Waals surface area contributed by atoms with Gasteiger partial charge in [0.25, 0.3) is 0 Å². The fourth-order valence-electron chi connectivity index (χ4n) is 1.83. The molecule has 0 spiro atoms. The van der Waals surface area contributed by atoms with Gasteiger partial charge in [-0.3, -0.25) is 0 Å². The van der Waals surface area contributed by atoms with E-state index in [1.165, 1.54) is 4.90 Å². The van der Waals surface area contributed by atoms with Gasteiger partial charge in [0.15, 0.2) is 0 Å². The van der Waals surface area contributed by atoms with Gasteiger partial charge in [-0.15, -0.1) is 11.8 Å². The van der Waals surface area contributed by atoms with Crippen molar-refractivity contribution in [3.8, 4) is 5.75 Å². The highest BCUT2D eigenvalue weighted by atomic mass is 32.2. The van der Waals surface area contributed by atoms with E-state index in [2.05, 4.69) is 18.3 Å². The van der Waals surface area contributed by atoms with E-state index in [1.54, 1.807) is 18.9 Å². The summed E-state index contributed by atoms with van der Waals surface area (Å²) in [6.07, 6.45) is 0.905. The minimum atomic E-state index is -0.217. The van der Waals surface area contributed by atoms with E-state index in [1.807, 2.05) is 32.2 Å². The Morgan fingerprint density at radius 2 is 2.22 bits per heavy atom. The summed E-state index contributed by atoms with van der Waals surface area (Å²) in [5.74, 6) is 0.880. The van der Waals surface area contributed by atoms with Gasteiger partial charge in [0.1, 0.15) is 5.75 Å². The number of aliphatic hydroxyl groups excluding tert-OH is 1. The fourth-order valence-corrected chi connectivity index (χ4v) is 3.09. The largest absolute Gasteiger partial charge is 0.497 e. The molecule has 0 aliphatic rings. The molecule has 2 N–H and O–H groups in total. The molecule has 0 radical (unpaired) electrons. The number of rotatable bonds is 7. The first-order valence-electron chi connectivity index (χ1n) is 6.13. The van der Waals surface area contributed by atoms with Crippen LogP contribution in [0.5, 0.6) is 5.75 Å². The molecule has 1 aromatic carbocycles. The molecular formula is C14H23NO2S. The van der Waals surface area contributed by atoms with Gasteiger partial charge in [-0.05, 0) is 38.6 Å². The molecule has 18 heavy (non-hydrogen) atoms. The SMILES string of the molecule is CNC(C)(CO)CC(C)Sc1cccc(OC)c1. The third kappa shape index (κ3) is 4.52. The first kappa shape index (κ1) is 15.3. The lowest BCUT2D eigenvalue weighted by Gasteiger charge is -2.29. The molecule has 0 saturated carbocycles. The van der Waals surface area contributed by atoms with Crippen LogP contribution in [0.15, 0.2) is 29.2 Å². The van der Waals surface area contributed by atoms with E-state index in [4.69, 9.17) is 4.74 Å². The van der Waals surface area contributed by atoms with E-state index in [-0.39, 0.29) is 12.1 Å². The molecule has 0 amide bonds. The summed E-state index contributed by atoms with van der Waals surface area (Å²) in [6.45, 7) is 4.36. The third-order valence-corrected chi connectivity index (χ3v) is 4.16. The monoisotopic (exact) mass is 269 g/mol. The molecule has 2 atom stereocenters. The molecule has 1 rings (SSSR count). The molecular weight excluding hydrogens is 246 g/mol. The summed E-state index contributed by atoms with van der Waals surface area (Å²) in [5.41, 5.74) is -0.217. The van der Waals surface area contributed by atoms with Crippen LogP contribution < -0.4 is 10.1 Å². The number of likely N-dealkylation sites (N-methyl/N-ethyl adjacent to an activating group) is 1. The number of hydrogen-bond donors (Lipinski definition) is 2. The zero-order chi connectivity index (χ0) is 13.6. The summed E-state index contributed by atoms with van der Waals surface area (Å²) >= 11 is 1.80. The highest BCUT2D eigenvalue weighted by molar-refractivity contribution is 7.99. The second-order valence-electron chi connectivity index (χ2n) is 4.78. The van der Waals surface area contributed by atoms with E-state index in [0.717, 1.165) is 12.2 Å². The van der Waals surface area contributed by atoms with Gasteiger partial charge >= 0.3 is 0 Å². The fraction of sp³-hybridized carbons (Fsp3) is 0.571. The van der Waals surface area contributed by atoms with E-state index in [0.29, 0.717) is 5.25 Å². The number of benzene rings is 1. The first-order chi connectivity index (χ1) is 8.53. The van der Waals surface area contributed by atoms with Crippen molar-refractivity contribution in [2.24, 2.45) is 0 Å². The van der Waals surface area contributed by atoms with Crippen LogP contribution in [0, 0.1) is 0 Å². The molecule has 3 nitrogen and oxygen atoms in total. The van der Waals surface area contributed by atoms with Gasteiger partial charge in [-0.25, -0.2) is 0 Å². The normalized spacial score (nSPS) is 16.1. The number of aliphatic hydroxyl groups is 1. The first-order valence-corrected chi connectivity index (χ1v) is 7.01. The average Bonchev–Trinajstić information content (AvgIpc) is 2.38. The summed E-state index contributed by atoms with van der Waals surface area (Å²) in [7, 11) is 3.57. The van der Waals surface area contributed by atoms with Gasteiger partial charge < -0.3 is 15.2 Å². The van der Waals surface area contributed by atoms with Crippen LogP contribution in [0.3, 0.4) is 0 Å². The number of hydrogen-bond acceptors (Lipinski definition) is 4. The molecule has 0 fully saturated rings. The molecule has 1 aromatic rings. The van der Waals surface area contributed by atoms with Crippen molar-refractivity contribution in [1.29, 1.82) is 0 Å². The number of nitrogens with one attached hydrogen (secondary N) is 1. The molecule has 0 aromatic heterocycles. The zero-order valence-electron chi connectivity index (χ0n) is 11.6. The Balaban J connectivity index is 2.61. The lowest BCUT2D eigenvalue weighted by atomic mass is 9.97. The van der Waals surface area contributed by atoms with E-state index >= 15 is 0 Å². The van der Waals surface area contributed by atoms with E-state index < -0.39 is 0 Å². The Bertz CT molecular complexity index is 367. The van der Waals surface area contributed by atoms with Crippen molar-refractivity contribution < 1.29 is 9.84 Å². The molecule has 0 heterocycles. The Hall–Kier alpha value is -0.710. The van der Waals surface area contributed by atoms with Gasteiger partial charge in [-0.2, -0.15) is 0 Å². The lowest BCUT2D eigenvalue weighted by Crippen LogP contribution is -2.45. The van der Waals surface area contributed by atoms with Crippen LogP contribution in [-0.4, -0.2) is 36.7 Å². The summed E-state index contributed by atoms with van der Waals surface area (Å²) in [6, 6.07) is 8.06. The summed E-state index contributed by atoms with van der Waals surface area (Å²) in [5, 5.41) is 13.0. The van der Waals surface area contributed by atoms with Crippen molar-refractivity contribution in [3.63, 3.8) is 0 Å². The van der Waals surface area contributed by atoms with Gasteiger partial charge in [0, 0.05) is 15.7 Å². The maximum absolute atomic E-state index is 9.39. The minimum absolute atomic E-state index is 0.145. The van der Waals surface area contributed by atoms with Crippen molar-refractivity contribution in [2.75, 3.05) is 20.8 Å². The van der Waals surface area contributed by atoms with Gasteiger partial charge in [-0.1, -0.05) is 13.0 Å². The highest BCUT2D eigenvalue weighted by Crippen LogP contribution is 2.30. The zero-order valence-corrected chi connectivity index (χ0v) is 12.4. The Kier molecular flexibility index (Phi) is 5.99. The van der Waals surface area contributed by atoms with Crippen molar-refractivity contribution >= 4 is 11.8 Å². The van der Waals surface area contributed by atoms with E-state index in [9.17, 15) is 5.11 Å². The van der Waals surface area contributed by atoms with Crippen LogP contribution in [0.1, 0.15) is 20.3 Å². The molecule has 0 aliphatic heterocycles.